The van der Waals surface area contributed by atoms with Gasteiger partial charge in [0.15, 0.2) is 0 Å². The van der Waals surface area contributed by atoms with Crippen LogP contribution in [-0.4, -0.2) is 14.9 Å². The van der Waals surface area contributed by atoms with Crippen molar-refractivity contribution in [3.8, 4) is 0 Å². The van der Waals surface area contributed by atoms with E-state index in [2.05, 4.69) is 21.0 Å². The minimum absolute atomic E-state index is 0.250. The topological polar surface area (TPSA) is 38.0 Å². The van der Waals surface area contributed by atoms with E-state index in [0.29, 0.717) is 10.0 Å². The van der Waals surface area contributed by atoms with Gasteiger partial charge in [-0.2, -0.15) is 5.10 Å². The highest BCUT2D eigenvalue weighted by molar-refractivity contribution is 9.10. The molecule has 2 rings (SSSR count). The second-order valence-electron chi connectivity index (χ2n) is 4.08. The summed E-state index contributed by atoms with van der Waals surface area (Å²) in [5.74, 6) is -0.437. The van der Waals surface area contributed by atoms with Gasteiger partial charge < -0.3 is 5.11 Å². The van der Waals surface area contributed by atoms with Crippen LogP contribution < -0.4 is 0 Å². The van der Waals surface area contributed by atoms with Crippen molar-refractivity contribution >= 4 is 15.9 Å². The summed E-state index contributed by atoms with van der Waals surface area (Å²) < 4.78 is 16.0. The number of hydrogen-bond donors (Lipinski definition) is 1. The van der Waals surface area contributed by atoms with E-state index in [9.17, 15) is 9.50 Å². The smallest absolute Gasteiger partial charge is 0.143 e. The molecule has 1 aromatic heterocycles. The number of aryl methyl sites for hydroxylation is 1. The maximum atomic E-state index is 13.9. The van der Waals surface area contributed by atoms with Crippen LogP contribution >= 0.6 is 15.9 Å². The first-order valence-corrected chi connectivity index (χ1v) is 6.57. The molecule has 0 radical (unpaired) electrons. The van der Waals surface area contributed by atoms with E-state index in [1.54, 1.807) is 35.3 Å². The second kappa shape index (κ2) is 5.63. The van der Waals surface area contributed by atoms with Crippen LogP contribution in [0.1, 0.15) is 30.6 Å². The third-order valence-corrected chi connectivity index (χ3v) is 3.31. The Morgan fingerprint density at radius 1 is 1.50 bits per heavy atom. The molecule has 1 heterocycles. The van der Waals surface area contributed by atoms with Gasteiger partial charge in [0.05, 0.1) is 10.7 Å². The third-order valence-electron chi connectivity index (χ3n) is 2.70. The summed E-state index contributed by atoms with van der Waals surface area (Å²) in [5, 5.41) is 14.3. The van der Waals surface area contributed by atoms with Crippen LogP contribution in [0.2, 0.25) is 0 Å². The molecule has 0 saturated heterocycles. The van der Waals surface area contributed by atoms with Crippen LogP contribution in [0, 0.1) is 5.82 Å². The van der Waals surface area contributed by atoms with Gasteiger partial charge in [-0.05, 0) is 28.4 Å². The molecule has 0 aliphatic carbocycles. The maximum Gasteiger partial charge on any atom is 0.143 e. The number of hydrogen-bond acceptors (Lipinski definition) is 2. The van der Waals surface area contributed by atoms with Crippen molar-refractivity contribution in [2.45, 2.75) is 26.0 Å². The van der Waals surface area contributed by atoms with E-state index < -0.39 is 11.9 Å². The SMILES string of the molecule is CCCn1cc(C(O)c2cccc(Br)c2F)cn1. The average molecular weight is 313 g/mol. The summed E-state index contributed by atoms with van der Waals surface area (Å²) in [6.07, 6.45) is 3.28. The van der Waals surface area contributed by atoms with Crippen molar-refractivity contribution < 1.29 is 9.50 Å². The molecule has 0 fully saturated rings. The fraction of sp³-hybridized carbons (Fsp3) is 0.308. The van der Waals surface area contributed by atoms with Crippen molar-refractivity contribution in [1.82, 2.24) is 9.78 Å². The Balaban J connectivity index is 2.29. The molecule has 18 heavy (non-hydrogen) atoms. The molecule has 0 spiro atoms. The Kier molecular flexibility index (Phi) is 4.14. The number of aliphatic hydroxyl groups excluding tert-OH is 1. The van der Waals surface area contributed by atoms with Gasteiger partial charge >= 0.3 is 0 Å². The van der Waals surface area contributed by atoms with Crippen LogP contribution in [0.5, 0.6) is 0 Å². The highest BCUT2D eigenvalue weighted by Crippen LogP contribution is 2.27. The Labute approximate surface area is 113 Å². The summed E-state index contributed by atoms with van der Waals surface area (Å²) in [5.41, 5.74) is 0.848. The fourth-order valence-corrected chi connectivity index (χ4v) is 2.16. The molecule has 0 aliphatic heterocycles. The van der Waals surface area contributed by atoms with Crippen LogP contribution in [0.3, 0.4) is 0 Å². The van der Waals surface area contributed by atoms with E-state index in [0.717, 1.165) is 13.0 Å². The fourth-order valence-electron chi connectivity index (χ4n) is 1.78. The van der Waals surface area contributed by atoms with Gasteiger partial charge in [0, 0.05) is 23.9 Å². The quantitative estimate of drug-likeness (QED) is 0.941. The number of nitrogens with zero attached hydrogens (tertiary/aromatic N) is 2. The van der Waals surface area contributed by atoms with Gasteiger partial charge in [-0.1, -0.05) is 19.1 Å². The lowest BCUT2D eigenvalue weighted by molar-refractivity contribution is 0.214. The Morgan fingerprint density at radius 3 is 3.00 bits per heavy atom. The average Bonchev–Trinajstić information content (AvgIpc) is 2.81. The third kappa shape index (κ3) is 2.62. The van der Waals surface area contributed by atoms with E-state index >= 15 is 0 Å². The van der Waals surface area contributed by atoms with Crippen LogP contribution in [0.4, 0.5) is 4.39 Å². The molecule has 3 nitrogen and oxygen atoms in total. The van der Waals surface area contributed by atoms with E-state index in [4.69, 9.17) is 0 Å². The predicted molar refractivity (Wildman–Crippen MR) is 70.7 cm³/mol. The van der Waals surface area contributed by atoms with Gasteiger partial charge in [0.1, 0.15) is 11.9 Å². The van der Waals surface area contributed by atoms with Gasteiger partial charge in [-0.3, -0.25) is 4.68 Å². The van der Waals surface area contributed by atoms with Crippen molar-refractivity contribution in [2.75, 3.05) is 0 Å². The van der Waals surface area contributed by atoms with E-state index in [1.165, 1.54) is 0 Å². The Morgan fingerprint density at radius 2 is 2.28 bits per heavy atom. The van der Waals surface area contributed by atoms with Crippen LogP contribution in [0.15, 0.2) is 35.1 Å². The Bertz CT molecular complexity index is 542. The predicted octanol–water partition coefficient (Wildman–Crippen LogP) is 3.28. The van der Waals surface area contributed by atoms with Gasteiger partial charge in [0.2, 0.25) is 0 Å². The molecule has 1 aromatic carbocycles. The highest BCUT2D eigenvalue weighted by Gasteiger charge is 2.18. The number of benzene rings is 1. The monoisotopic (exact) mass is 312 g/mol. The normalized spacial score (nSPS) is 12.7. The molecule has 1 atom stereocenters. The summed E-state index contributed by atoms with van der Waals surface area (Å²) in [7, 11) is 0. The highest BCUT2D eigenvalue weighted by atomic mass is 79.9. The van der Waals surface area contributed by atoms with Gasteiger partial charge in [-0.15, -0.1) is 0 Å². The number of rotatable bonds is 4. The lowest BCUT2D eigenvalue weighted by atomic mass is 10.0. The van der Waals surface area contributed by atoms with Gasteiger partial charge in [-0.25, -0.2) is 4.39 Å². The minimum Gasteiger partial charge on any atom is -0.383 e. The second-order valence-corrected chi connectivity index (χ2v) is 4.94. The van der Waals surface area contributed by atoms with Crippen molar-refractivity contribution in [1.29, 1.82) is 0 Å². The number of aliphatic hydroxyl groups is 1. The molecular weight excluding hydrogens is 299 g/mol. The van der Waals surface area contributed by atoms with Crippen LogP contribution in [-0.2, 0) is 6.54 Å². The molecule has 0 aliphatic rings. The van der Waals surface area contributed by atoms with E-state index in [-0.39, 0.29) is 5.56 Å². The molecule has 0 amide bonds. The molecule has 96 valence electrons. The molecular formula is C13H14BrFN2O. The standard InChI is InChI=1S/C13H14BrFN2O/c1-2-6-17-8-9(7-16-17)13(18)10-4-3-5-11(14)12(10)15/h3-5,7-8,13,18H,2,6H2,1H3. The summed E-state index contributed by atoms with van der Waals surface area (Å²) >= 11 is 3.11. The van der Waals surface area contributed by atoms with Crippen LogP contribution in [0.25, 0.3) is 0 Å². The molecule has 2 aromatic rings. The van der Waals surface area contributed by atoms with E-state index in [1.807, 2.05) is 6.92 Å². The summed E-state index contributed by atoms with van der Waals surface area (Å²) in [6, 6.07) is 4.87. The zero-order valence-corrected chi connectivity index (χ0v) is 11.6. The van der Waals surface area contributed by atoms with Crippen molar-refractivity contribution in [2.24, 2.45) is 0 Å². The first-order valence-electron chi connectivity index (χ1n) is 5.77. The first kappa shape index (κ1) is 13.2. The Hall–Kier alpha value is -1.20. The maximum absolute atomic E-state index is 13.9. The number of halogens is 2. The lowest BCUT2D eigenvalue weighted by Crippen LogP contribution is -2.02. The lowest BCUT2D eigenvalue weighted by Gasteiger charge is -2.10. The first-order chi connectivity index (χ1) is 8.63. The summed E-state index contributed by atoms with van der Waals surface area (Å²) in [4.78, 5) is 0. The molecule has 1 unspecified atom stereocenters. The minimum atomic E-state index is -0.992. The number of aromatic nitrogens is 2. The summed E-state index contributed by atoms with van der Waals surface area (Å²) in [6.45, 7) is 2.83. The molecule has 0 saturated carbocycles. The molecule has 1 N–H and O–H groups in total. The zero-order valence-electron chi connectivity index (χ0n) is 9.98. The largest absolute Gasteiger partial charge is 0.383 e. The van der Waals surface area contributed by atoms with Gasteiger partial charge in [0.25, 0.3) is 0 Å². The van der Waals surface area contributed by atoms with Crippen molar-refractivity contribution in [3.63, 3.8) is 0 Å². The van der Waals surface area contributed by atoms with Crippen molar-refractivity contribution in [3.05, 3.63) is 52.0 Å². The molecule has 0 bridgehead atoms. The zero-order chi connectivity index (χ0) is 13.1. The molecule has 5 heteroatoms.